The molecule has 0 saturated heterocycles. The number of fused-ring (bicyclic) bond motifs is 7. The van der Waals surface area contributed by atoms with E-state index in [4.69, 9.17) is 9.47 Å². The van der Waals surface area contributed by atoms with Crippen molar-refractivity contribution in [1.82, 2.24) is 0 Å². The zero-order valence-electron chi connectivity index (χ0n) is 24.7. The van der Waals surface area contributed by atoms with Crippen molar-refractivity contribution in [2.45, 2.75) is 110 Å². The lowest BCUT2D eigenvalue weighted by molar-refractivity contribution is -0.232. The third-order valence-electron chi connectivity index (χ3n) is 13.7. The van der Waals surface area contributed by atoms with E-state index in [1.54, 1.807) is 13.8 Å². The van der Waals surface area contributed by atoms with Gasteiger partial charge in [-0.2, -0.15) is 0 Å². The number of aliphatic hydroxyl groups is 1. The number of hydrogen-bond acceptors (Lipinski definition) is 6. The highest BCUT2D eigenvalue weighted by atomic mass is 19.1. The number of carboxylic acids is 1. The van der Waals surface area contributed by atoms with Crippen molar-refractivity contribution in [3.63, 3.8) is 0 Å². The molecule has 6 aliphatic carbocycles. The molecule has 7 nitrogen and oxygen atoms in total. The van der Waals surface area contributed by atoms with Crippen LogP contribution in [0.25, 0.3) is 0 Å². The van der Waals surface area contributed by atoms with Gasteiger partial charge in [0.15, 0.2) is 11.5 Å². The van der Waals surface area contributed by atoms with Crippen molar-refractivity contribution >= 4 is 17.9 Å². The summed E-state index contributed by atoms with van der Waals surface area (Å²) in [6.07, 6.45) is 1.04. The maximum absolute atomic E-state index is 17.5. The Balaban J connectivity index is 1.35. The van der Waals surface area contributed by atoms with Gasteiger partial charge >= 0.3 is 12.1 Å². The molecule has 0 spiro atoms. The highest BCUT2D eigenvalue weighted by molar-refractivity contribution is 6.01. The van der Waals surface area contributed by atoms with Crippen LogP contribution in [0.2, 0.25) is 0 Å². The molecule has 5 saturated carbocycles. The predicted octanol–water partition coefficient (Wildman–Crippen LogP) is 5.74. The van der Waals surface area contributed by atoms with E-state index in [1.807, 2.05) is 0 Å². The van der Waals surface area contributed by atoms with Crippen molar-refractivity contribution < 1.29 is 42.9 Å². The largest absolute Gasteiger partial charge is 0.509 e. The maximum Gasteiger partial charge on any atom is 0.509 e. The zero-order valence-corrected chi connectivity index (χ0v) is 24.7. The molecule has 2 N–H and O–H groups in total. The number of carbonyl (C=O) groups excluding carboxylic acids is 2. The zero-order chi connectivity index (χ0) is 30.1. The molecule has 12 atom stereocenters. The second-order valence-electron chi connectivity index (χ2n) is 15.1. The van der Waals surface area contributed by atoms with Gasteiger partial charge in [-0.3, -0.25) is 4.79 Å². The fourth-order valence-electron chi connectivity index (χ4n) is 10.8. The summed E-state index contributed by atoms with van der Waals surface area (Å²) in [6.45, 7) is 11.2. The van der Waals surface area contributed by atoms with Crippen LogP contribution in [-0.4, -0.2) is 57.8 Å². The number of alkyl halides is 2. The average Bonchev–Trinajstić information content (AvgIpc) is 3.32. The van der Waals surface area contributed by atoms with Gasteiger partial charge in [0, 0.05) is 28.1 Å². The van der Waals surface area contributed by atoms with E-state index in [0.29, 0.717) is 12.3 Å². The average molecular weight is 577 g/mol. The molecule has 0 aliphatic heterocycles. The summed E-state index contributed by atoms with van der Waals surface area (Å²) < 4.78 is 45.0. The molecule has 6 rings (SSSR count). The third kappa shape index (κ3) is 3.19. The van der Waals surface area contributed by atoms with Gasteiger partial charge in [-0.25, -0.2) is 18.4 Å². The number of hydrogen-bond donors (Lipinski definition) is 2. The van der Waals surface area contributed by atoms with Gasteiger partial charge in [0.1, 0.15) is 12.3 Å². The standard InChI is InChI=1S/C32H42F2O7/c1-16-11-19-20-14-22(33)21-13-18(35)8-10-28(21,4)31(20,34)23(36)15-30(19,6)32(16,25(37)38)41-26(39)40-24-12-17-7-9-29(24,5)27(17,2)3/h8,10,13,16-17,19-20,22-24,36H,7,9,11-12,14-15H2,1-6H3,(H,37,38)/t16-,17-,19+,20+,22+,23+,24?,28+,29?,30+,31?,32-/m1/s1. The number of aliphatic carboxylic acids is 1. The van der Waals surface area contributed by atoms with Crippen molar-refractivity contribution in [2.75, 3.05) is 0 Å². The van der Waals surface area contributed by atoms with E-state index in [1.165, 1.54) is 19.1 Å². The van der Waals surface area contributed by atoms with E-state index in [9.17, 15) is 24.6 Å². The number of ketones is 1. The van der Waals surface area contributed by atoms with Crippen molar-refractivity contribution in [1.29, 1.82) is 0 Å². The number of halogens is 2. The van der Waals surface area contributed by atoms with Crippen LogP contribution in [0.15, 0.2) is 23.8 Å². The first-order valence-electron chi connectivity index (χ1n) is 15.0. The molecule has 5 fully saturated rings. The minimum Gasteiger partial charge on any atom is -0.478 e. The number of allylic oxidation sites excluding steroid dienone is 4. The molecule has 0 amide bonds. The highest BCUT2D eigenvalue weighted by Crippen LogP contribution is 2.72. The Hall–Kier alpha value is -2.29. The van der Waals surface area contributed by atoms with Crippen LogP contribution >= 0.6 is 0 Å². The number of carbonyl (C=O) groups is 3. The van der Waals surface area contributed by atoms with Crippen LogP contribution in [0, 0.1) is 45.3 Å². The molecule has 0 heterocycles. The first-order valence-corrected chi connectivity index (χ1v) is 15.0. The van der Waals surface area contributed by atoms with E-state index in [-0.39, 0.29) is 35.7 Å². The summed E-state index contributed by atoms with van der Waals surface area (Å²) in [6, 6.07) is 0. The Kier molecular flexibility index (Phi) is 5.91. The molecule has 9 heteroatoms. The monoisotopic (exact) mass is 576 g/mol. The van der Waals surface area contributed by atoms with Crippen LogP contribution in [0.5, 0.6) is 0 Å². The first kappa shape index (κ1) is 28.8. The Labute approximate surface area is 239 Å². The summed E-state index contributed by atoms with van der Waals surface area (Å²) in [5, 5.41) is 22.3. The fraction of sp³-hybridized carbons (Fsp3) is 0.781. The predicted molar refractivity (Wildman–Crippen MR) is 144 cm³/mol. The molecule has 2 bridgehead atoms. The van der Waals surface area contributed by atoms with Crippen LogP contribution in [0.1, 0.15) is 80.1 Å². The quantitative estimate of drug-likeness (QED) is 0.412. The van der Waals surface area contributed by atoms with E-state index >= 15 is 8.78 Å². The summed E-state index contributed by atoms with van der Waals surface area (Å²) in [5.74, 6) is -3.96. The minimum atomic E-state index is -2.35. The molecule has 0 aromatic heterocycles. The minimum absolute atomic E-state index is 0.00375. The van der Waals surface area contributed by atoms with Crippen LogP contribution < -0.4 is 0 Å². The van der Waals surface area contributed by atoms with Gasteiger partial charge in [0.2, 0.25) is 5.60 Å². The smallest absolute Gasteiger partial charge is 0.478 e. The summed E-state index contributed by atoms with van der Waals surface area (Å²) >= 11 is 0. The Morgan fingerprint density at radius 1 is 1.05 bits per heavy atom. The van der Waals surface area contributed by atoms with Crippen molar-refractivity contribution in [3.05, 3.63) is 23.8 Å². The molecule has 0 radical (unpaired) electrons. The lowest BCUT2D eigenvalue weighted by Gasteiger charge is -2.62. The van der Waals surface area contributed by atoms with Gasteiger partial charge in [0.25, 0.3) is 0 Å². The molecule has 41 heavy (non-hydrogen) atoms. The van der Waals surface area contributed by atoms with Crippen LogP contribution in [-0.2, 0) is 19.1 Å². The van der Waals surface area contributed by atoms with Gasteiger partial charge in [0.05, 0.1) is 6.10 Å². The summed E-state index contributed by atoms with van der Waals surface area (Å²) in [4.78, 5) is 38.7. The number of carboxylic acid groups (broad SMARTS) is 1. The molecule has 226 valence electrons. The number of rotatable bonds is 3. The normalized spacial score (nSPS) is 52.8. The van der Waals surface area contributed by atoms with E-state index in [0.717, 1.165) is 18.9 Å². The molecule has 0 aromatic rings. The Bertz CT molecular complexity index is 1280. The lowest BCUT2D eigenvalue weighted by Crippen LogP contribution is -2.71. The van der Waals surface area contributed by atoms with Gasteiger partial charge < -0.3 is 19.7 Å². The number of ether oxygens (including phenoxy) is 2. The maximum atomic E-state index is 17.5. The van der Waals surface area contributed by atoms with Crippen LogP contribution in [0.4, 0.5) is 13.6 Å². The Morgan fingerprint density at radius 3 is 2.32 bits per heavy atom. The van der Waals surface area contributed by atoms with Crippen molar-refractivity contribution in [3.8, 4) is 0 Å². The number of aliphatic hydroxyl groups excluding tert-OH is 1. The van der Waals surface area contributed by atoms with Gasteiger partial charge in [-0.1, -0.05) is 40.7 Å². The third-order valence-corrected chi connectivity index (χ3v) is 13.7. The van der Waals surface area contributed by atoms with Gasteiger partial charge in [-0.05, 0) is 80.4 Å². The topological polar surface area (TPSA) is 110 Å². The fourth-order valence-corrected chi connectivity index (χ4v) is 10.8. The highest BCUT2D eigenvalue weighted by Gasteiger charge is 2.79. The van der Waals surface area contributed by atoms with E-state index in [2.05, 4.69) is 20.8 Å². The molecule has 6 aliphatic rings. The molecular weight excluding hydrogens is 534 g/mol. The first-order chi connectivity index (χ1) is 18.9. The second kappa shape index (κ2) is 8.42. The van der Waals surface area contributed by atoms with Crippen LogP contribution in [0.3, 0.4) is 0 Å². The van der Waals surface area contributed by atoms with E-state index < -0.39 is 76.1 Å². The molecular formula is C32H42F2O7. The van der Waals surface area contributed by atoms with Gasteiger partial charge in [-0.15, -0.1) is 0 Å². The van der Waals surface area contributed by atoms with Crippen molar-refractivity contribution in [2.24, 2.45) is 45.3 Å². The molecule has 3 unspecified atom stereocenters. The lowest BCUT2D eigenvalue weighted by atomic mass is 9.44. The summed E-state index contributed by atoms with van der Waals surface area (Å²) in [7, 11) is 0. The summed E-state index contributed by atoms with van der Waals surface area (Å²) in [5.41, 5.74) is -7.73. The Morgan fingerprint density at radius 2 is 1.73 bits per heavy atom. The SMILES string of the molecule is C[C@@H]1C[C@H]2[C@@H]3C[C@H](F)C4=CC(=O)C=C[C@]4(C)C3(F)[C@@H](O)C[C@]2(C)[C@]1(OC(=O)OC1C[C@H]2CCC1(C)C2(C)C)C(=O)O. The second-order valence-corrected chi connectivity index (χ2v) is 15.1. The molecule has 0 aromatic carbocycles.